The minimum atomic E-state index is -3.14. The molecule has 0 aromatic heterocycles. The van der Waals surface area contributed by atoms with E-state index in [1.807, 2.05) is 24.3 Å². The second kappa shape index (κ2) is 8.73. The van der Waals surface area contributed by atoms with E-state index in [9.17, 15) is 17.6 Å². The minimum Gasteiger partial charge on any atom is -0.484 e. The molecule has 1 atom stereocenters. The Morgan fingerprint density at radius 3 is 2.32 bits per heavy atom. The van der Waals surface area contributed by atoms with Gasteiger partial charge in [-0.05, 0) is 48.2 Å². The van der Waals surface area contributed by atoms with Gasteiger partial charge in [0.2, 0.25) is 0 Å². The average Bonchev–Trinajstić information content (AvgIpc) is 3.05. The maximum Gasteiger partial charge on any atom is 0.261 e. The van der Waals surface area contributed by atoms with Crippen LogP contribution in [-0.4, -0.2) is 43.4 Å². The Morgan fingerprint density at radius 1 is 1.11 bits per heavy atom. The van der Waals surface area contributed by atoms with Crippen LogP contribution in [0.1, 0.15) is 24.5 Å². The standard InChI is InChI=1S/C21H24FNO4S/c1-2-16-5-9-20(10-6-16)27-14-21(24)23(19-11-12-28(25,26)15-19)13-17-3-7-18(22)8-4-17/h3-10,19H,2,11-15H2,1H3. The third kappa shape index (κ3) is 5.32. The second-order valence-electron chi connectivity index (χ2n) is 6.99. The summed E-state index contributed by atoms with van der Waals surface area (Å²) in [5.41, 5.74) is 1.92. The number of nitrogens with zero attached hydrogens (tertiary/aromatic N) is 1. The van der Waals surface area contributed by atoms with Crippen LogP contribution in [0.3, 0.4) is 0 Å². The number of aryl methyl sites for hydroxylation is 1. The molecule has 0 radical (unpaired) electrons. The van der Waals surface area contributed by atoms with Crippen molar-refractivity contribution >= 4 is 15.7 Å². The molecule has 1 saturated heterocycles. The van der Waals surface area contributed by atoms with Crippen molar-refractivity contribution in [3.63, 3.8) is 0 Å². The lowest BCUT2D eigenvalue weighted by Gasteiger charge is -2.28. The highest BCUT2D eigenvalue weighted by Gasteiger charge is 2.34. The first-order valence-corrected chi connectivity index (χ1v) is 11.1. The van der Waals surface area contributed by atoms with E-state index in [0.29, 0.717) is 12.2 Å². The summed E-state index contributed by atoms with van der Waals surface area (Å²) < 4.78 is 42.6. The van der Waals surface area contributed by atoms with E-state index in [1.165, 1.54) is 22.6 Å². The van der Waals surface area contributed by atoms with E-state index >= 15 is 0 Å². The molecule has 150 valence electrons. The number of sulfone groups is 1. The zero-order chi connectivity index (χ0) is 20.1. The molecule has 2 aromatic carbocycles. The van der Waals surface area contributed by atoms with Crippen molar-refractivity contribution < 1.29 is 22.3 Å². The Hall–Kier alpha value is -2.41. The number of rotatable bonds is 7. The number of benzene rings is 2. The lowest BCUT2D eigenvalue weighted by atomic mass is 10.1. The van der Waals surface area contributed by atoms with Crippen molar-refractivity contribution in [2.24, 2.45) is 0 Å². The zero-order valence-electron chi connectivity index (χ0n) is 15.8. The quantitative estimate of drug-likeness (QED) is 0.710. The molecule has 28 heavy (non-hydrogen) atoms. The molecule has 1 amide bonds. The SMILES string of the molecule is CCc1ccc(OCC(=O)N(Cc2ccc(F)cc2)C2CCS(=O)(=O)C2)cc1. The molecule has 1 unspecified atom stereocenters. The molecule has 3 rings (SSSR count). The summed E-state index contributed by atoms with van der Waals surface area (Å²) in [7, 11) is -3.14. The predicted octanol–water partition coefficient (Wildman–Crippen LogP) is 2.98. The molecule has 0 N–H and O–H groups in total. The van der Waals surface area contributed by atoms with Crippen LogP contribution in [0.25, 0.3) is 0 Å². The normalized spacial score (nSPS) is 18.0. The topological polar surface area (TPSA) is 63.7 Å². The third-order valence-electron chi connectivity index (χ3n) is 4.93. The summed E-state index contributed by atoms with van der Waals surface area (Å²) in [6, 6.07) is 13.0. The molecule has 1 aliphatic rings. The Kier molecular flexibility index (Phi) is 6.34. The molecule has 0 saturated carbocycles. The lowest BCUT2D eigenvalue weighted by molar-refractivity contribution is -0.136. The van der Waals surface area contributed by atoms with E-state index < -0.39 is 15.9 Å². The van der Waals surface area contributed by atoms with Crippen LogP contribution in [0.2, 0.25) is 0 Å². The van der Waals surface area contributed by atoms with Crippen LogP contribution >= 0.6 is 0 Å². The average molecular weight is 405 g/mol. The molecule has 0 spiro atoms. The van der Waals surface area contributed by atoms with Crippen molar-refractivity contribution in [2.45, 2.75) is 32.4 Å². The van der Waals surface area contributed by atoms with E-state index in [-0.39, 0.29) is 36.4 Å². The highest BCUT2D eigenvalue weighted by atomic mass is 32.2. The number of carbonyl (C=O) groups is 1. The first kappa shape index (κ1) is 20.3. The van der Waals surface area contributed by atoms with Gasteiger partial charge in [-0.25, -0.2) is 12.8 Å². The van der Waals surface area contributed by atoms with E-state index in [1.54, 1.807) is 12.1 Å². The number of ether oxygens (including phenoxy) is 1. The molecular formula is C21H24FNO4S. The first-order chi connectivity index (χ1) is 13.4. The fraction of sp³-hybridized carbons (Fsp3) is 0.381. The third-order valence-corrected chi connectivity index (χ3v) is 6.68. The molecule has 1 aliphatic heterocycles. The molecular weight excluding hydrogens is 381 g/mol. The fourth-order valence-corrected chi connectivity index (χ4v) is 5.01. The molecule has 2 aromatic rings. The van der Waals surface area contributed by atoms with Gasteiger partial charge in [0, 0.05) is 12.6 Å². The van der Waals surface area contributed by atoms with Gasteiger partial charge in [-0.15, -0.1) is 0 Å². The summed E-state index contributed by atoms with van der Waals surface area (Å²) in [4.78, 5) is 14.4. The Bertz CT molecular complexity index is 910. The Labute approximate surface area is 165 Å². The van der Waals surface area contributed by atoms with Gasteiger partial charge in [-0.3, -0.25) is 4.79 Å². The fourth-order valence-electron chi connectivity index (χ4n) is 3.28. The Balaban J connectivity index is 1.71. The summed E-state index contributed by atoms with van der Waals surface area (Å²) in [6.07, 6.45) is 1.32. The lowest BCUT2D eigenvalue weighted by Crippen LogP contribution is -2.43. The van der Waals surface area contributed by atoms with E-state index in [4.69, 9.17) is 4.74 Å². The maximum absolute atomic E-state index is 13.2. The molecule has 0 bridgehead atoms. The van der Waals surface area contributed by atoms with E-state index in [2.05, 4.69) is 6.92 Å². The van der Waals surface area contributed by atoms with Gasteiger partial charge >= 0.3 is 0 Å². The van der Waals surface area contributed by atoms with Crippen LogP contribution < -0.4 is 4.74 Å². The van der Waals surface area contributed by atoms with Gasteiger partial charge in [0.05, 0.1) is 11.5 Å². The van der Waals surface area contributed by atoms with Crippen molar-refractivity contribution in [1.82, 2.24) is 4.90 Å². The Morgan fingerprint density at radius 2 is 1.75 bits per heavy atom. The number of hydrogen-bond acceptors (Lipinski definition) is 4. The highest BCUT2D eigenvalue weighted by molar-refractivity contribution is 7.91. The van der Waals surface area contributed by atoms with Gasteiger partial charge in [0.1, 0.15) is 11.6 Å². The molecule has 5 nitrogen and oxygen atoms in total. The van der Waals surface area contributed by atoms with Crippen molar-refractivity contribution in [1.29, 1.82) is 0 Å². The van der Waals surface area contributed by atoms with Crippen LogP contribution in [-0.2, 0) is 27.6 Å². The maximum atomic E-state index is 13.2. The smallest absolute Gasteiger partial charge is 0.261 e. The van der Waals surface area contributed by atoms with Gasteiger partial charge < -0.3 is 9.64 Å². The number of carbonyl (C=O) groups excluding carboxylic acids is 1. The van der Waals surface area contributed by atoms with E-state index in [0.717, 1.165) is 12.0 Å². The largest absolute Gasteiger partial charge is 0.484 e. The number of amides is 1. The monoisotopic (exact) mass is 405 g/mol. The first-order valence-electron chi connectivity index (χ1n) is 9.32. The van der Waals surface area contributed by atoms with Gasteiger partial charge in [0.25, 0.3) is 5.91 Å². The van der Waals surface area contributed by atoms with Crippen molar-refractivity contribution in [3.8, 4) is 5.75 Å². The summed E-state index contributed by atoms with van der Waals surface area (Å²) >= 11 is 0. The highest BCUT2D eigenvalue weighted by Crippen LogP contribution is 2.21. The number of halogens is 1. The summed E-state index contributed by atoms with van der Waals surface area (Å²) in [6.45, 7) is 2.10. The number of hydrogen-bond donors (Lipinski definition) is 0. The van der Waals surface area contributed by atoms with Crippen LogP contribution in [0, 0.1) is 5.82 Å². The zero-order valence-corrected chi connectivity index (χ0v) is 16.6. The molecule has 7 heteroatoms. The molecule has 1 heterocycles. The predicted molar refractivity (Wildman–Crippen MR) is 105 cm³/mol. The van der Waals surface area contributed by atoms with Crippen LogP contribution in [0.5, 0.6) is 5.75 Å². The summed E-state index contributed by atoms with van der Waals surface area (Å²) in [5.74, 6) is -0.0313. The van der Waals surface area contributed by atoms with Crippen molar-refractivity contribution in [2.75, 3.05) is 18.1 Å². The van der Waals surface area contributed by atoms with Gasteiger partial charge in [0.15, 0.2) is 16.4 Å². The van der Waals surface area contributed by atoms with Crippen LogP contribution in [0.4, 0.5) is 4.39 Å². The minimum absolute atomic E-state index is 0.0505. The van der Waals surface area contributed by atoms with Gasteiger partial charge in [-0.1, -0.05) is 31.2 Å². The van der Waals surface area contributed by atoms with Crippen molar-refractivity contribution in [3.05, 3.63) is 65.5 Å². The van der Waals surface area contributed by atoms with Crippen LogP contribution in [0.15, 0.2) is 48.5 Å². The van der Waals surface area contributed by atoms with Gasteiger partial charge in [-0.2, -0.15) is 0 Å². The molecule has 1 fully saturated rings. The molecule has 0 aliphatic carbocycles. The second-order valence-corrected chi connectivity index (χ2v) is 9.22. The summed E-state index contributed by atoms with van der Waals surface area (Å²) in [5, 5.41) is 0.